The fourth-order valence-electron chi connectivity index (χ4n) is 1.55. The summed E-state index contributed by atoms with van der Waals surface area (Å²) < 4.78 is 0. The molecule has 1 aromatic carbocycles. The number of nitrogens with one attached hydrogen (secondary N) is 1. The van der Waals surface area contributed by atoms with Gasteiger partial charge in [0.05, 0.1) is 6.21 Å². The first-order valence-electron chi connectivity index (χ1n) is 6.33. The van der Waals surface area contributed by atoms with Gasteiger partial charge in [0.1, 0.15) is 5.75 Å². The second kappa shape index (κ2) is 8.28. The molecular formula is C14H20N2O2. The second-order valence-electron chi connectivity index (χ2n) is 4.20. The van der Waals surface area contributed by atoms with Crippen LogP contribution in [0.5, 0.6) is 5.75 Å². The number of carbonyl (C=O) groups excluding carboxylic acids is 1. The maximum absolute atomic E-state index is 11.4. The van der Waals surface area contributed by atoms with Gasteiger partial charge in [-0.3, -0.25) is 4.79 Å². The Morgan fingerprint density at radius 1 is 1.39 bits per heavy atom. The number of benzene rings is 1. The molecule has 4 nitrogen and oxygen atoms in total. The first-order valence-corrected chi connectivity index (χ1v) is 6.33. The summed E-state index contributed by atoms with van der Waals surface area (Å²) in [5, 5.41) is 13.1. The van der Waals surface area contributed by atoms with E-state index in [4.69, 9.17) is 0 Å². The van der Waals surface area contributed by atoms with Gasteiger partial charge in [-0.15, -0.1) is 0 Å². The summed E-state index contributed by atoms with van der Waals surface area (Å²) in [7, 11) is 0. The van der Waals surface area contributed by atoms with Crippen LogP contribution in [0.25, 0.3) is 0 Å². The van der Waals surface area contributed by atoms with Gasteiger partial charge in [0.2, 0.25) is 5.91 Å². The number of hydrazone groups is 1. The monoisotopic (exact) mass is 248 g/mol. The van der Waals surface area contributed by atoms with E-state index in [0.29, 0.717) is 6.42 Å². The highest BCUT2D eigenvalue weighted by atomic mass is 16.3. The molecule has 1 aromatic rings. The molecule has 0 spiro atoms. The Hall–Kier alpha value is -1.84. The number of carbonyl (C=O) groups is 1. The minimum Gasteiger partial charge on any atom is -0.508 e. The Bertz CT molecular complexity index is 403. The third-order valence-corrected chi connectivity index (χ3v) is 2.53. The Morgan fingerprint density at radius 2 is 2.22 bits per heavy atom. The molecule has 0 aliphatic heterocycles. The van der Waals surface area contributed by atoms with Crippen molar-refractivity contribution in [3.05, 3.63) is 29.8 Å². The highest BCUT2D eigenvalue weighted by Gasteiger charge is 1.98. The molecule has 18 heavy (non-hydrogen) atoms. The summed E-state index contributed by atoms with van der Waals surface area (Å²) in [6.45, 7) is 2.14. The van der Waals surface area contributed by atoms with E-state index in [0.717, 1.165) is 24.8 Å². The Kier molecular flexibility index (Phi) is 6.54. The summed E-state index contributed by atoms with van der Waals surface area (Å²) in [4.78, 5) is 11.4. The van der Waals surface area contributed by atoms with Gasteiger partial charge in [0, 0.05) is 6.42 Å². The van der Waals surface area contributed by atoms with Crippen LogP contribution in [-0.2, 0) is 4.79 Å². The Morgan fingerprint density at radius 3 is 2.94 bits per heavy atom. The number of aromatic hydroxyl groups is 1. The van der Waals surface area contributed by atoms with Gasteiger partial charge in [0.15, 0.2) is 0 Å². The smallest absolute Gasteiger partial charge is 0.240 e. The lowest BCUT2D eigenvalue weighted by molar-refractivity contribution is -0.121. The van der Waals surface area contributed by atoms with Gasteiger partial charge in [-0.25, -0.2) is 5.43 Å². The molecule has 0 radical (unpaired) electrons. The van der Waals surface area contributed by atoms with Crippen LogP contribution >= 0.6 is 0 Å². The zero-order valence-electron chi connectivity index (χ0n) is 10.7. The van der Waals surface area contributed by atoms with Crippen molar-refractivity contribution in [1.82, 2.24) is 5.43 Å². The molecule has 0 unspecified atom stereocenters. The van der Waals surface area contributed by atoms with Gasteiger partial charge in [-0.1, -0.05) is 38.3 Å². The van der Waals surface area contributed by atoms with E-state index in [-0.39, 0.29) is 11.7 Å². The van der Waals surface area contributed by atoms with Crippen molar-refractivity contribution in [2.24, 2.45) is 5.10 Å². The van der Waals surface area contributed by atoms with Crippen molar-refractivity contribution in [2.45, 2.75) is 39.0 Å². The van der Waals surface area contributed by atoms with Crippen LogP contribution in [0.3, 0.4) is 0 Å². The zero-order chi connectivity index (χ0) is 13.2. The van der Waals surface area contributed by atoms with Crippen LogP contribution in [0, 0.1) is 0 Å². The van der Waals surface area contributed by atoms with Gasteiger partial charge in [0.25, 0.3) is 0 Å². The molecule has 0 aromatic heterocycles. The lowest BCUT2D eigenvalue weighted by Gasteiger charge is -1.99. The van der Waals surface area contributed by atoms with Gasteiger partial charge in [-0.05, 0) is 24.1 Å². The fraction of sp³-hybridized carbons (Fsp3) is 0.429. The van der Waals surface area contributed by atoms with Gasteiger partial charge >= 0.3 is 0 Å². The molecule has 0 atom stereocenters. The van der Waals surface area contributed by atoms with Crippen molar-refractivity contribution in [2.75, 3.05) is 0 Å². The number of hydrogen-bond donors (Lipinski definition) is 2. The molecule has 0 fully saturated rings. The minimum absolute atomic E-state index is 0.0671. The predicted octanol–water partition coefficient (Wildman–Crippen LogP) is 2.81. The third kappa shape index (κ3) is 6.03. The van der Waals surface area contributed by atoms with Gasteiger partial charge in [-0.2, -0.15) is 5.10 Å². The summed E-state index contributed by atoms with van der Waals surface area (Å²) in [5.74, 6) is 0.118. The number of phenolic OH excluding ortho intramolecular Hbond substituents is 1. The first kappa shape index (κ1) is 14.2. The number of unbranched alkanes of at least 4 members (excludes halogenated alkanes) is 3. The maximum atomic E-state index is 11.4. The van der Waals surface area contributed by atoms with E-state index in [1.54, 1.807) is 24.3 Å². The third-order valence-electron chi connectivity index (χ3n) is 2.53. The van der Waals surface area contributed by atoms with Crippen LogP contribution < -0.4 is 5.43 Å². The molecule has 0 aliphatic carbocycles. The highest BCUT2D eigenvalue weighted by Crippen LogP contribution is 2.08. The largest absolute Gasteiger partial charge is 0.508 e. The molecule has 1 rings (SSSR count). The Labute approximate surface area is 108 Å². The summed E-state index contributed by atoms with van der Waals surface area (Å²) in [5.41, 5.74) is 3.23. The van der Waals surface area contributed by atoms with Crippen molar-refractivity contribution in [3.8, 4) is 5.75 Å². The van der Waals surface area contributed by atoms with E-state index < -0.39 is 0 Å². The second-order valence-corrected chi connectivity index (χ2v) is 4.20. The van der Waals surface area contributed by atoms with Crippen molar-refractivity contribution >= 4 is 12.1 Å². The summed E-state index contributed by atoms with van der Waals surface area (Å²) >= 11 is 0. The van der Waals surface area contributed by atoms with E-state index >= 15 is 0 Å². The molecule has 0 bridgehead atoms. The van der Waals surface area contributed by atoms with E-state index in [9.17, 15) is 9.90 Å². The molecule has 98 valence electrons. The molecule has 0 saturated carbocycles. The lowest BCUT2D eigenvalue weighted by atomic mass is 10.1. The standard InChI is InChI=1S/C14H20N2O2/c1-2-3-4-5-9-14(18)16-15-11-12-7-6-8-13(17)10-12/h6-8,10-11,17H,2-5,9H2,1H3,(H,16,18)/b15-11+. The lowest BCUT2D eigenvalue weighted by Crippen LogP contribution is -2.16. The van der Waals surface area contributed by atoms with Crippen LogP contribution in [0.2, 0.25) is 0 Å². The van der Waals surface area contributed by atoms with E-state index in [1.165, 1.54) is 12.6 Å². The summed E-state index contributed by atoms with van der Waals surface area (Å²) in [6.07, 6.45) is 6.35. The molecule has 4 heteroatoms. The molecule has 1 amide bonds. The quantitative estimate of drug-likeness (QED) is 0.443. The number of rotatable bonds is 7. The molecule has 0 aliphatic rings. The van der Waals surface area contributed by atoms with E-state index in [2.05, 4.69) is 17.5 Å². The minimum atomic E-state index is -0.0671. The number of nitrogens with zero attached hydrogens (tertiary/aromatic N) is 1. The van der Waals surface area contributed by atoms with Crippen LogP contribution in [-0.4, -0.2) is 17.2 Å². The van der Waals surface area contributed by atoms with Crippen molar-refractivity contribution < 1.29 is 9.90 Å². The van der Waals surface area contributed by atoms with Crippen molar-refractivity contribution in [1.29, 1.82) is 0 Å². The number of amides is 1. The Balaban J connectivity index is 2.25. The van der Waals surface area contributed by atoms with E-state index in [1.807, 2.05) is 0 Å². The number of hydrogen-bond acceptors (Lipinski definition) is 3. The number of phenols is 1. The SMILES string of the molecule is CCCCCCC(=O)N/N=C/c1cccc(O)c1. The topological polar surface area (TPSA) is 61.7 Å². The van der Waals surface area contributed by atoms with Crippen LogP contribution in [0.1, 0.15) is 44.6 Å². The van der Waals surface area contributed by atoms with Crippen molar-refractivity contribution in [3.63, 3.8) is 0 Å². The normalized spacial score (nSPS) is 10.7. The highest BCUT2D eigenvalue weighted by molar-refractivity contribution is 5.82. The molecule has 2 N–H and O–H groups in total. The average Bonchev–Trinajstić information content (AvgIpc) is 2.35. The zero-order valence-corrected chi connectivity index (χ0v) is 10.7. The van der Waals surface area contributed by atoms with Gasteiger partial charge < -0.3 is 5.11 Å². The molecule has 0 saturated heterocycles. The fourth-order valence-corrected chi connectivity index (χ4v) is 1.55. The molecular weight excluding hydrogens is 228 g/mol. The van der Waals surface area contributed by atoms with Crippen LogP contribution in [0.4, 0.5) is 0 Å². The average molecular weight is 248 g/mol. The summed E-state index contributed by atoms with van der Waals surface area (Å²) in [6, 6.07) is 6.69. The molecule has 0 heterocycles. The predicted molar refractivity (Wildman–Crippen MR) is 72.6 cm³/mol. The maximum Gasteiger partial charge on any atom is 0.240 e. The van der Waals surface area contributed by atoms with Crippen LogP contribution in [0.15, 0.2) is 29.4 Å². The first-order chi connectivity index (χ1) is 8.72.